The van der Waals surface area contributed by atoms with Gasteiger partial charge in [-0.05, 0) is 36.8 Å². The minimum absolute atomic E-state index is 0.229. The molecule has 0 bridgehead atoms. The Morgan fingerprint density at radius 2 is 2.21 bits per heavy atom. The first-order valence-corrected chi connectivity index (χ1v) is 6.58. The van der Waals surface area contributed by atoms with Crippen molar-refractivity contribution in [1.29, 1.82) is 0 Å². The molecule has 78 valence electrons. The smallest absolute Gasteiger partial charge is 0.0186 e. The van der Waals surface area contributed by atoms with Crippen LogP contribution in [0.25, 0.3) is 0 Å². The quantitative estimate of drug-likeness (QED) is 0.851. The number of rotatable bonds is 4. The fraction of sp³-hybridized carbons (Fsp3) is 0.455. The molecule has 14 heavy (non-hydrogen) atoms. The number of hydrogen-bond donors (Lipinski definition) is 1. The van der Waals surface area contributed by atoms with Crippen LogP contribution in [0.15, 0.2) is 27.6 Å². The molecule has 1 rings (SSSR count). The second-order valence-electron chi connectivity index (χ2n) is 3.37. The van der Waals surface area contributed by atoms with Crippen LogP contribution in [0.3, 0.4) is 0 Å². The van der Waals surface area contributed by atoms with Crippen LogP contribution in [0.4, 0.5) is 0 Å². The molecular weight excluding hydrogens is 258 g/mol. The lowest BCUT2D eigenvalue weighted by Gasteiger charge is -2.11. The lowest BCUT2D eigenvalue weighted by Crippen LogP contribution is -2.18. The molecule has 0 radical (unpaired) electrons. The summed E-state index contributed by atoms with van der Waals surface area (Å²) in [6, 6.07) is 6.64. The Morgan fingerprint density at radius 3 is 2.79 bits per heavy atom. The van der Waals surface area contributed by atoms with Gasteiger partial charge < -0.3 is 5.73 Å². The van der Waals surface area contributed by atoms with Crippen LogP contribution >= 0.6 is 27.7 Å². The number of thioether (sulfide) groups is 1. The van der Waals surface area contributed by atoms with Gasteiger partial charge in [0.2, 0.25) is 0 Å². The van der Waals surface area contributed by atoms with E-state index in [0.717, 1.165) is 16.6 Å². The van der Waals surface area contributed by atoms with E-state index in [-0.39, 0.29) is 6.04 Å². The van der Waals surface area contributed by atoms with Crippen LogP contribution < -0.4 is 5.73 Å². The van der Waals surface area contributed by atoms with Crippen LogP contribution in [-0.4, -0.2) is 11.8 Å². The van der Waals surface area contributed by atoms with E-state index in [0.29, 0.717) is 0 Å². The molecule has 0 heterocycles. The molecule has 0 aliphatic heterocycles. The Kier molecular flexibility index (Phi) is 4.99. The van der Waals surface area contributed by atoms with E-state index in [1.54, 1.807) is 0 Å². The number of benzene rings is 1. The maximum absolute atomic E-state index is 5.81. The highest BCUT2D eigenvalue weighted by Gasteiger charge is 2.05. The minimum Gasteiger partial charge on any atom is -0.328 e. The zero-order valence-electron chi connectivity index (χ0n) is 8.59. The molecule has 1 aromatic carbocycles. The first-order valence-electron chi connectivity index (χ1n) is 4.80. The second kappa shape index (κ2) is 5.79. The molecule has 2 N–H and O–H groups in total. The number of halogens is 1. The molecule has 0 saturated carbocycles. The summed E-state index contributed by atoms with van der Waals surface area (Å²) in [5.41, 5.74) is 7.16. The maximum Gasteiger partial charge on any atom is 0.0186 e. The SMILES string of the molecule is CCSc1cc(Br)ccc1CC(C)N. The van der Waals surface area contributed by atoms with Crippen molar-refractivity contribution in [3.63, 3.8) is 0 Å². The van der Waals surface area contributed by atoms with Gasteiger partial charge in [0.15, 0.2) is 0 Å². The van der Waals surface area contributed by atoms with Crippen molar-refractivity contribution in [2.75, 3.05) is 5.75 Å². The van der Waals surface area contributed by atoms with Crippen LogP contribution in [0.2, 0.25) is 0 Å². The van der Waals surface area contributed by atoms with Crippen molar-refractivity contribution >= 4 is 27.7 Å². The topological polar surface area (TPSA) is 26.0 Å². The summed E-state index contributed by atoms with van der Waals surface area (Å²) in [4.78, 5) is 1.35. The molecule has 0 saturated heterocycles. The monoisotopic (exact) mass is 273 g/mol. The fourth-order valence-electron chi connectivity index (χ4n) is 1.33. The highest BCUT2D eigenvalue weighted by molar-refractivity contribution is 9.10. The van der Waals surface area contributed by atoms with E-state index in [1.165, 1.54) is 10.5 Å². The summed E-state index contributed by atoms with van der Waals surface area (Å²) in [6.45, 7) is 4.21. The number of hydrogen-bond acceptors (Lipinski definition) is 2. The van der Waals surface area contributed by atoms with E-state index in [2.05, 4.69) is 41.1 Å². The molecule has 0 spiro atoms. The normalized spacial score (nSPS) is 12.9. The third kappa shape index (κ3) is 3.64. The summed E-state index contributed by atoms with van der Waals surface area (Å²) in [5, 5.41) is 0. The average Bonchev–Trinajstić information content (AvgIpc) is 2.09. The first kappa shape index (κ1) is 12.1. The van der Waals surface area contributed by atoms with Crippen molar-refractivity contribution in [2.45, 2.75) is 31.2 Å². The largest absolute Gasteiger partial charge is 0.328 e. The van der Waals surface area contributed by atoms with Gasteiger partial charge in [-0.2, -0.15) is 0 Å². The minimum atomic E-state index is 0.229. The summed E-state index contributed by atoms with van der Waals surface area (Å²) >= 11 is 5.36. The Bertz CT molecular complexity index is 299. The van der Waals surface area contributed by atoms with Gasteiger partial charge in [0.05, 0.1) is 0 Å². The van der Waals surface area contributed by atoms with Gasteiger partial charge >= 0.3 is 0 Å². The van der Waals surface area contributed by atoms with Crippen LogP contribution in [0.1, 0.15) is 19.4 Å². The van der Waals surface area contributed by atoms with E-state index < -0.39 is 0 Å². The van der Waals surface area contributed by atoms with Gasteiger partial charge in [-0.1, -0.05) is 28.9 Å². The molecule has 0 aliphatic rings. The van der Waals surface area contributed by atoms with E-state index >= 15 is 0 Å². The predicted octanol–water partition coefficient (Wildman–Crippen LogP) is 3.45. The van der Waals surface area contributed by atoms with Crippen molar-refractivity contribution in [2.24, 2.45) is 5.73 Å². The average molecular weight is 274 g/mol. The van der Waals surface area contributed by atoms with Crippen molar-refractivity contribution in [1.82, 2.24) is 0 Å². The van der Waals surface area contributed by atoms with Gasteiger partial charge in [0.25, 0.3) is 0 Å². The molecule has 1 atom stereocenters. The van der Waals surface area contributed by atoms with Gasteiger partial charge in [-0.25, -0.2) is 0 Å². The van der Waals surface area contributed by atoms with Crippen LogP contribution in [0.5, 0.6) is 0 Å². The number of nitrogens with two attached hydrogens (primary N) is 1. The highest BCUT2D eigenvalue weighted by atomic mass is 79.9. The van der Waals surface area contributed by atoms with E-state index in [4.69, 9.17) is 5.73 Å². The standard InChI is InChI=1S/C11H16BrNS/c1-3-14-11-7-10(12)5-4-9(11)6-8(2)13/h4-5,7-8H,3,6,13H2,1-2H3. The first-order chi connectivity index (χ1) is 6.63. The van der Waals surface area contributed by atoms with Gasteiger partial charge in [0.1, 0.15) is 0 Å². The fourth-order valence-corrected chi connectivity index (χ4v) is 2.70. The summed E-state index contributed by atoms with van der Waals surface area (Å²) in [5.74, 6) is 1.10. The third-order valence-corrected chi connectivity index (χ3v) is 3.34. The zero-order chi connectivity index (χ0) is 10.6. The van der Waals surface area contributed by atoms with Crippen LogP contribution in [0, 0.1) is 0 Å². The van der Waals surface area contributed by atoms with E-state index in [9.17, 15) is 0 Å². The summed E-state index contributed by atoms with van der Waals surface area (Å²) < 4.78 is 1.14. The lowest BCUT2D eigenvalue weighted by atomic mass is 10.1. The molecule has 0 fully saturated rings. The highest BCUT2D eigenvalue weighted by Crippen LogP contribution is 2.27. The molecule has 1 unspecified atom stereocenters. The summed E-state index contributed by atoms with van der Waals surface area (Å²) in [7, 11) is 0. The molecule has 3 heteroatoms. The molecule has 0 amide bonds. The predicted molar refractivity (Wildman–Crippen MR) is 67.9 cm³/mol. The summed E-state index contributed by atoms with van der Waals surface area (Å²) in [6.07, 6.45) is 0.954. The molecular formula is C11H16BrNS. The molecule has 0 aliphatic carbocycles. The van der Waals surface area contributed by atoms with Crippen molar-refractivity contribution in [3.05, 3.63) is 28.2 Å². The molecule has 1 aromatic rings. The van der Waals surface area contributed by atoms with Crippen LogP contribution in [-0.2, 0) is 6.42 Å². The Balaban J connectivity index is 2.89. The molecule has 0 aromatic heterocycles. The van der Waals surface area contributed by atoms with Gasteiger partial charge in [0, 0.05) is 15.4 Å². The van der Waals surface area contributed by atoms with Crippen molar-refractivity contribution < 1.29 is 0 Å². The van der Waals surface area contributed by atoms with E-state index in [1.807, 2.05) is 18.7 Å². The zero-order valence-corrected chi connectivity index (χ0v) is 11.0. The second-order valence-corrected chi connectivity index (χ2v) is 5.59. The van der Waals surface area contributed by atoms with Gasteiger partial charge in [-0.15, -0.1) is 11.8 Å². The lowest BCUT2D eigenvalue weighted by molar-refractivity contribution is 0.729. The van der Waals surface area contributed by atoms with Gasteiger partial charge in [-0.3, -0.25) is 0 Å². The Labute approximate surface area is 98.6 Å². The maximum atomic E-state index is 5.81. The van der Waals surface area contributed by atoms with Crippen molar-refractivity contribution in [3.8, 4) is 0 Å². The Morgan fingerprint density at radius 1 is 1.50 bits per heavy atom. The molecule has 1 nitrogen and oxygen atoms in total. The Hall–Kier alpha value is 0.01000. The third-order valence-electron chi connectivity index (χ3n) is 1.87.